The summed E-state index contributed by atoms with van der Waals surface area (Å²) in [6.45, 7) is 2.10. The molecule has 0 aliphatic heterocycles. The average molecular weight is 460 g/mol. The molecule has 0 radical (unpaired) electrons. The fourth-order valence-electron chi connectivity index (χ4n) is 4.93. The molecule has 0 fully saturated rings. The van der Waals surface area contributed by atoms with Gasteiger partial charge in [0, 0.05) is 27.6 Å². The molecule has 0 unspecified atom stereocenters. The number of hydrogen-bond acceptors (Lipinski definition) is 3. The summed E-state index contributed by atoms with van der Waals surface area (Å²) in [6.07, 6.45) is 0.694. The van der Waals surface area contributed by atoms with Gasteiger partial charge >= 0.3 is 5.49 Å². The van der Waals surface area contributed by atoms with E-state index in [9.17, 15) is 5.53 Å². The summed E-state index contributed by atoms with van der Waals surface area (Å²) < 4.78 is 0. The van der Waals surface area contributed by atoms with Crippen LogP contribution in [0.2, 0.25) is 0 Å². The van der Waals surface area contributed by atoms with Gasteiger partial charge in [-0.25, -0.2) is 4.98 Å². The summed E-state index contributed by atoms with van der Waals surface area (Å²) >= 11 is 0. The number of nitrogens with one attached hydrogen (secondary N) is 2. The number of aromatic nitrogens is 1. The highest BCUT2D eigenvalue weighted by molar-refractivity contribution is 6.18. The van der Waals surface area contributed by atoms with Crippen LogP contribution >= 0.6 is 0 Å². The maximum atomic E-state index is 9.97. The van der Waals surface area contributed by atoms with Gasteiger partial charge < -0.3 is 27.5 Å². The number of nitrogens with zero attached hydrogens (tertiary/aromatic N) is 2. The molecule has 0 aliphatic carbocycles. The van der Waals surface area contributed by atoms with Crippen molar-refractivity contribution in [3.05, 3.63) is 94.9 Å². The Bertz CT molecular complexity index is 1730. The van der Waals surface area contributed by atoms with Gasteiger partial charge in [-0.1, -0.05) is 55.5 Å². The average Bonchev–Trinajstić information content (AvgIpc) is 2.88. The van der Waals surface area contributed by atoms with Crippen LogP contribution in [0.15, 0.2) is 72.8 Å². The first kappa shape index (κ1) is 21.9. The molecular weight excluding hydrogens is 434 g/mol. The van der Waals surface area contributed by atoms with Gasteiger partial charge in [-0.15, -0.1) is 0 Å². The second kappa shape index (κ2) is 8.48. The number of fused-ring (bicyclic) bond motifs is 3. The topological polar surface area (TPSA) is 154 Å². The zero-order chi connectivity index (χ0) is 24.7. The summed E-state index contributed by atoms with van der Waals surface area (Å²) in [6, 6.07) is 23.2. The van der Waals surface area contributed by atoms with E-state index in [-0.39, 0.29) is 11.3 Å². The predicted molar refractivity (Wildman–Crippen MR) is 143 cm³/mol. The fraction of sp³-hybridized carbons (Fsp3) is 0.0714. The predicted octanol–water partition coefficient (Wildman–Crippen LogP) is 4.80. The van der Waals surface area contributed by atoms with Crippen LogP contribution in [0.5, 0.6) is 0 Å². The van der Waals surface area contributed by atoms with Crippen molar-refractivity contribution >= 4 is 38.9 Å². The van der Waals surface area contributed by atoms with E-state index in [1.807, 2.05) is 48.5 Å². The van der Waals surface area contributed by atoms with Crippen molar-refractivity contribution in [1.29, 1.82) is 5.41 Å². The molecule has 0 saturated carbocycles. The van der Waals surface area contributed by atoms with Gasteiger partial charge in [0.05, 0.1) is 5.69 Å². The summed E-state index contributed by atoms with van der Waals surface area (Å²) in [5.74, 6) is -0.0240. The molecule has 7 heteroatoms. The van der Waals surface area contributed by atoms with Crippen LogP contribution in [0.3, 0.4) is 0 Å². The van der Waals surface area contributed by atoms with Crippen LogP contribution in [-0.4, -0.2) is 15.6 Å². The number of anilines is 2. The Hall–Kier alpha value is -4.87. The number of amidine groups is 1. The third-order valence-corrected chi connectivity index (χ3v) is 6.42. The third kappa shape index (κ3) is 3.51. The number of pyridine rings is 1. The van der Waals surface area contributed by atoms with Crippen molar-refractivity contribution < 1.29 is 4.79 Å². The minimum absolute atomic E-state index is 0.0240. The minimum Gasteiger partial charge on any atom is -0.497 e. The van der Waals surface area contributed by atoms with E-state index in [1.54, 1.807) is 12.1 Å². The lowest BCUT2D eigenvalue weighted by Crippen LogP contribution is -2.15. The molecule has 1 aromatic heterocycles. The van der Waals surface area contributed by atoms with Crippen molar-refractivity contribution in [3.8, 4) is 22.3 Å². The Kier molecular flexibility index (Phi) is 5.32. The van der Waals surface area contributed by atoms with Gasteiger partial charge in [0.25, 0.3) is 0 Å². The summed E-state index contributed by atoms with van der Waals surface area (Å²) in [5, 5.41) is 10.3. The van der Waals surface area contributed by atoms with E-state index in [1.165, 1.54) is 0 Å². The van der Waals surface area contributed by atoms with Crippen molar-refractivity contribution in [1.82, 2.24) is 4.98 Å². The van der Waals surface area contributed by atoms with Gasteiger partial charge in [-0.3, -0.25) is 5.41 Å². The molecule has 0 spiro atoms. The number of hydrogen-bond donors (Lipinski definition) is 5. The molecule has 5 rings (SSSR count). The molecule has 4 aromatic carbocycles. The lowest BCUT2D eigenvalue weighted by atomic mass is 9.83. The lowest BCUT2D eigenvalue weighted by molar-refractivity contribution is -0.0688. The summed E-state index contributed by atoms with van der Waals surface area (Å²) in [4.78, 5) is 6.77. The number of nitrogen functional groups attached to an aromatic ring is 3. The highest BCUT2D eigenvalue weighted by Crippen LogP contribution is 2.45. The van der Waals surface area contributed by atoms with E-state index >= 15 is 0 Å². The number of benzene rings is 4. The first-order chi connectivity index (χ1) is 16.9. The Morgan fingerprint density at radius 2 is 1.66 bits per heavy atom. The molecule has 8 N–H and O–H groups in total. The molecule has 7 nitrogen and oxygen atoms in total. The molecule has 35 heavy (non-hydrogen) atoms. The molecule has 0 atom stereocenters. The van der Waals surface area contributed by atoms with Crippen molar-refractivity contribution in [2.75, 3.05) is 11.5 Å². The molecule has 172 valence electrons. The number of H-pyrrole nitrogens is 1. The SMILES string of the molecule is CCc1c(-c2ccccc2)c(-c2cccc(C(=N)N)c2)c(N)c2c(=[N+]=[N-])[nH]c3ccc(N)cc3c12. The van der Waals surface area contributed by atoms with E-state index in [0.29, 0.717) is 28.7 Å². The zero-order valence-corrected chi connectivity index (χ0v) is 19.3. The minimum atomic E-state index is -0.0240. The summed E-state index contributed by atoms with van der Waals surface area (Å²) in [7, 11) is 0. The largest absolute Gasteiger partial charge is 0.497 e. The Morgan fingerprint density at radius 3 is 2.34 bits per heavy atom. The van der Waals surface area contributed by atoms with Crippen molar-refractivity contribution in [2.45, 2.75) is 13.3 Å². The maximum Gasteiger partial charge on any atom is 0.367 e. The van der Waals surface area contributed by atoms with Gasteiger partial charge in [0.15, 0.2) is 0 Å². The molecule has 0 amide bonds. The fourth-order valence-corrected chi connectivity index (χ4v) is 4.93. The Morgan fingerprint density at radius 1 is 0.914 bits per heavy atom. The molecular formula is C28H25N7. The lowest BCUT2D eigenvalue weighted by Gasteiger charge is -2.21. The van der Waals surface area contributed by atoms with Crippen molar-refractivity contribution in [3.63, 3.8) is 0 Å². The Labute approximate surface area is 202 Å². The van der Waals surface area contributed by atoms with Crippen LogP contribution in [0.25, 0.3) is 49.5 Å². The second-order valence-electron chi connectivity index (χ2n) is 8.48. The standard InChI is InChI=1S/C28H25N7/c1-2-19-22(15-7-4-3-5-8-15)23(16-9-6-10-17(13-16)27(31)32)26(30)25-24(19)20-14-18(29)11-12-21(20)34-28(25)35-33/h3-14,34H,2,29-30H2,1H3,(H3,31,32). The van der Waals surface area contributed by atoms with E-state index in [0.717, 1.165) is 44.1 Å². The number of aryl methyl sites for hydroxylation is 1. The van der Waals surface area contributed by atoms with Crippen LogP contribution in [0, 0.1) is 5.41 Å². The second-order valence-corrected chi connectivity index (χ2v) is 8.48. The molecule has 5 aromatic rings. The highest BCUT2D eigenvalue weighted by atomic mass is 14.9. The van der Waals surface area contributed by atoms with Crippen LogP contribution < -0.4 is 22.7 Å². The van der Waals surface area contributed by atoms with Crippen molar-refractivity contribution in [2.24, 2.45) is 5.73 Å². The quantitative estimate of drug-likeness (QED) is 0.0655. The molecule has 0 bridgehead atoms. The summed E-state index contributed by atoms with van der Waals surface area (Å²) in [5.41, 5.74) is 36.3. The normalized spacial score (nSPS) is 11.0. The monoisotopic (exact) mass is 459 g/mol. The van der Waals surface area contributed by atoms with Crippen LogP contribution in [0.1, 0.15) is 18.1 Å². The van der Waals surface area contributed by atoms with E-state index in [4.69, 9.17) is 22.6 Å². The van der Waals surface area contributed by atoms with Gasteiger partial charge in [-0.2, -0.15) is 0 Å². The number of aromatic amines is 1. The van der Waals surface area contributed by atoms with Gasteiger partial charge in [0.1, 0.15) is 16.7 Å². The molecule has 0 saturated heterocycles. The maximum absolute atomic E-state index is 9.97. The first-order valence-electron chi connectivity index (χ1n) is 11.3. The number of nitrogens with two attached hydrogens (primary N) is 3. The van der Waals surface area contributed by atoms with E-state index < -0.39 is 0 Å². The Balaban J connectivity index is 2.10. The molecule has 0 aliphatic rings. The third-order valence-electron chi connectivity index (χ3n) is 6.42. The van der Waals surface area contributed by atoms with Gasteiger partial charge in [-0.05, 0) is 52.9 Å². The first-order valence-corrected chi connectivity index (χ1v) is 11.3. The zero-order valence-electron chi connectivity index (χ0n) is 19.3. The number of rotatable bonds is 4. The van der Waals surface area contributed by atoms with Crippen LogP contribution in [0.4, 0.5) is 11.4 Å². The molecule has 1 heterocycles. The van der Waals surface area contributed by atoms with Gasteiger partial charge in [0.2, 0.25) is 0 Å². The van der Waals surface area contributed by atoms with Crippen LogP contribution in [-0.2, 0) is 6.42 Å². The van der Waals surface area contributed by atoms with E-state index in [2.05, 4.69) is 28.8 Å². The highest BCUT2D eigenvalue weighted by Gasteiger charge is 2.25. The smallest absolute Gasteiger partial charge is 0.367 e.